The van der Waals surface area contributed by atoms with Crippen molar-refractivity contribution in [3.05, 3.63) is 41.2 Å². The predicted molar refractivity (Wildman–Crippen MR) is 137 cm³/mol. The molecule has 1 aliphatic heterocycles. The van der Waals surface area contributed by atoms with Crippen molar-refractivity contribution in [2.24, 2.45) is 16.9 Å². The maximum atomic E-state index is 12.2. The number of rotatable bonds is 5. The number of benzene rings is 1. The number of hydrogen-bond donors (Lipinski definition) is 2. The van der Waals surface area contributed by atoms with Crippen molar-refractivity contribution in [2.75, 3.05) is 6.54 Å². The smallest absolute Gasteiger partial charge is 0.408 e. The Bertz CT molecular complexity index is 1140. The van der Waals surface area contributed by atoms with Gasteiger partial charge in [0.15, 0.2) is 5.75 Å². The van der Waals surface area contributed by atoms with Crippen molar-refractivity contribution in [1.29, 1.82) is 0 Å². The van der Waals surface area contributed by atoms with E-state index in [1.807, 2.05) is 0 Å². The molecule has 8 nitrogen and oxygen atoms in total. The lowest BCUT2D eigenvalue weighted by molar-refractivity contribution is -0.168. The highest BCUT2D eigenvalue weighted by molar-refractivity contribution is 5.81. The highest BCUT2D eigenvalue weighted by atomic mass is 16.7. The number of carbonyl (C=O) groups is 2. The fourth-order valence-electron chi connectivity index (χ4n) is 6.29. The van der Waals surface area contributed by atoms with Crippen LogP contribution in [0.3, 0.4) is 0 Å². The number of fused-ring (bicyclic) bond motifs is 1. The van der Waals surface area contributed by atoms with Crippen LogP contribution in [-0.2, 0) is 11.4 Å². The molecule has 36 heavy (non-hydrogen) atoms. The second-order valence-electron chi connectivity index (χ2n) is 11.6. The normalized spacial score (nSPS) is 21.1. The molecule has 0 bridgehead atoms. The maximum Gasteiger partial charge on any atom is 0.423 e. The van der Waals surface area contributed by atoms with Crippen LogP contribution in [0.5, 0.6) is 5.75 Å². The van der Waals surface area contributed by atoms with Crippen LogP contribution in [0.1, 0.15) is 101 Å². The number of carbonyl (C=O) groups excluding carboxylic acids is 2. The van der Waals surface area contributed by atoms with Crippen LogP contribution in [0.25, 0.3) is 11.1 Å². The molecule has 194 valence electrons. The van der Waals surface area contributed by atoms with Crippen molar-refractivity contribution in [2.45, 2.75) is 90.1 Å². The van der Waals surface area contributed by atoms with Crippen LogP contribution in [0.15, 0.2) is 24.3 Å². The molecule has 4 N–H and O–H groups in total. The maximum absolute atomic E-state index is 12.2. The molecule has 0 spiro atoms. The molecule has 1 aromatic heterocycles. The van der Waals surface area contributed by atoms with Gasteiger partial charge in [0.1, 0.15) is 0 Å². The number of aromatic nitrogens is 1. The van der Waals surface area contributed by atoms with Gasteiger partial charge in [0.2, 0.25) is 0 Å². The minimum atomic E-state index is -0.859. The largest absolute Gasteiger partial charge is 0.423 e. The lowest BCUT2D eigenvalue weighted by atomic mass is 9.82. The van der Waals surface area contributed by atoms with Gasteiger partial charge in [-0.3, -0.25) is 0 Å². The monoisotopic (exact) mass is 494 g/mol. The Hall–Kier alpha value is -3.00. The first-order chi connectivity index (χ1) is 17.1. The third kappa shape index (κ3) is 4.71. The Balaban J connectivity index is 1.66. The van der Waals surface area contributed by atoms with Gasteiger partial charge in [-0.25, -0.2) is 9.59 Å². The molecular formula is C28H38N4O4. The van der Waals surface area contributed by atoms with Crippen molar-refractivity contribution < 1.29 is 19.2 Å². The van der Waals surface area contributed by atoms with E-state index in [-0.39, 0.29) is 11.5 Å². The summed E-state index contributed by atoms with van der Waals surface area (Å²) >= 11 is 0. The number of hydrogen-bond acceptors (Lipinski definition) is 5. The summed E-state index contributed by atoms with van der Waals surface area (Å²) in [5.74, 6) is 1.47. The van der Waals surface area contributed by atoms with Crippen LogP contribution in [0, 0.1) is 5.41 Å². The number of hydroxylamine groups is 2. The molecule has 2 heterocycles. The first kappa shape index (κ1) is 24.7. The summed E-state index contributed by atoms with van der Waals surface area (Å²) in [7, 11) is 0. The van der Waals surface area contributed by atoms with E-state index in [1.165, 1.54) is 43.4 Å². The molecule has 2 aliphatic carbocycles. The van der Waals surface area contributed by atoms with E-state index in [0.29, 0.717) is 30.7 Å². The Labute approximate surface area is 212 Å². The van der Waals surface area contributed by atoms with E-state index in [4.69, 9.17) is 21.0 Å². The molecule has 0 saturated heterocycles. The topological polar surface area (TPSA) is 113 Å². The summed E-state index contributed by atoms with van der Waals surface area (Å²) in [6.45, 7) is 7.29. The zero-order valence-electron chi connectivity index (χ0n) is 21.6. The molecule has 1 unspecified atom stereocenters. The van der Waals surface area contributed by atoms with Crippen molar-refractivity contribution >= 4 is 12.2 Å². The lowest BCUT2D eigenvalue weighted by Gasteiger charge is -2.42. The third-order valence-electron chi connectivity index (χ3n) is 7.86. The van der Waals surface area contributed by atoms with E-state index in [2.05, 4.69) is 49.6 Å². The Kier molecular flexibility index (Phi) is 6.49. The summed E-state index contributed by atoms with van der Waals surface area (Å²) in [5.41, 5.74) is 16.0. The van der Waals surface area contributed by atoms with Gasteiger partial charge in [0, 0.05) is 23.7 Å². The molecule has 1 aromatic carbocycles. The molecule has 2 aromatic rings. The standard InChI is InChI=1S/C28H38N4O4/c1-28(2,3)25-23-24(35-26(29)33)21(19-11-9-18(10-12-19)17-7-5-4-6-8-17)22(20-13-14-20)31(23)15-16-32(25)36-27(30)34/h9-12,17,20,25H,4-8,13-16H2,1-3H3,(H2,29,33)(H2,30,34). The van der Waals surface area contributed by atoms with Gasteiger partial charge in [0.25, 0.3) is 0 Å². The Morgan fingerprint density at radius 3 is 2.08 bits per heavy atom. The third-order valence-corrected chi connectivity index (χ3v) is 7.86. The van der Waals surface area contributed by atoms with E-state index in [9.17, 15) is 9.59 Å². The van der Waals surface area contributed by atoms with Crippen molar-refractivity contribution in [1.82, 2.24) is 9.63 Å². The first-order valence-electron chi connectivity index (χ1n) is 13.2. The Morgan fingerprint density at radius 1 is 0.861 bits per heavy atom. The van der Waals surface area contributed by atoms with Gasteiger partial charge in [-0.1, -0.05) is 64.3 Å². The van der Waals surface area contributed by atoms with Gasteiger partial charge in [-0.2, -0.15) is 0 Å². The minimum absolute atomic E-state index is 0.356. The summed E-state index contributed by atoms with van der Waals surface area (Å²) < 4.78 is 8.08. The molecule has 1 atom stereocenters. The quantitative estimate of drug-likeness (QED) is 0.533. The van der Waals surface area contributed by atoms with E-state index >= 15 is 0 Å². The number of ether oxygens (including phenoxy) is 1. The summed E-state index contributed by atoms with van der Waals surface area (Å²) in [5, 5.41) is 1.62. The van der Waals surface area contributed by atoms with Gasteiger partial charge in [-0.15, -0.1) is 5.06 Å². The van der Waals surface area contributed by atoms with Crippen molar-refractivity contribution in [3.63, 3.8) is 0 Å². The second kappa shape index (κ2) is 9.47. The van der Waals surface area contributed by atoms with Crippen LogP contribution in [-0.4, -0.2) is 28.4 Å². The molecule has 5 rings (SSSR count). The fourth-order valence-corrected chi connectivity index (χ4v) is 6.29. The highest BCUT2D eigenvalue weighted by Crippen LogP contribution is 2.55. The molecule has 3 aliphatic rings. The highest BCUT2D eigenvalue weighted by Gasteiger charge is 2.46. The molecule has 2 amide bonds. The average Bonchev–Trinajstić information content (AvgIpc) is 3.61. The lowest BCUT2D eigenvalue weighted by Crippen LogP contribution is -2.46. The van der Waals surface area contributed by atoms with Crippen LogP contribution in [0.4, 0.5) is 9.59 Å². The molecule has 2 fully saturated rings. The first-order valence-corrected chi connectivity index (χ1v) is 13.2. The van der Waals surface area contributed by atoms with E-state index in [1.54, 1.807) is 5.06 Å². The van der Waals surface area contributed by atoms with Gasteiger partial charge < -0.3 is 25.6 Å². The second-order valence-corrected chi connectivity index (χ2v) is 11.6. The number of nitrogens with zero attached hydrogens (tertiary/aromatic N) is 2. The van der Waals surface area contributed by atoms with Crippen LogP contribution in [0.2, 0.25) is 0 Å². The fraction of sp³-hybridized carbons (Fsp3) is 0.571. The zero-order chi connectivity index (χ0) is 25.6. The molecule has 8 heteroatoms. The molecular weight excluding hydrogens is 456 g/mol. The Morgan fingerprint density at radius 2 is 1.53 bits per heavy atom. The van der Waals surface area contributed by atoms with Crippen molar-refractivity contribution in [3.8, 4) is 16.9 Å². The van der Waals surface area contributed by atoms with Crippen LogP contribution < -0.4 is 16.2 Å². The molecule has 2 saturated carbocycles. The van der Waals surface area contributed by atoms with Gasteiger partial charge in [-0.05, 0) is 48.1 Å². The van der Waals surface area contributed by atoms with E-state index in [0.717, 1.165) is 29.7 Å². The summed E-state index contributed by atoms with van der Waals surface area (Å²) in [6.07, 6.45) is 6.86. The molecule has 0 radical (unpaired) electrons. The van der Waals surface area contributed by atoms with E-state index < -0.39 is 12.2 Å². The summed E-state index contributed by atoms with van der Waals surface area (Å²) in [6, 6.07) is 8.41. The van der Waals surface area contributed by atoms with Gasteiger partial charge in [0.05, 0.1) is 18.3 Å². The van der Waals surface area contributed by atoms with Gasteiger partial charge >= 0.3 is 12.2 Å². The number of primary amides is 2. The summed E-state index contributed by atoms with van der Waals surface area (Å²) in [4.78, 5) is 29.4. The van der Waals surface area contributed by atoms with Crippen LogP contribution >= 0.6 is 0 Å². The SMILES string of the molecule is CC(C)(C)C1c2c(OC(N)=O)c(-c3ccc(C4CCCCC4)cc3)c(C3CC3)n2CCN1OC(N)=O. The average molecular weight is 495 g/mol. The minimum Gasteiger partial charge on any atom is -0.408 e. The number of amides is 2. The predicted octanol–water partition coefficient (Wildman–Crippen LogP) is 5.95. The zero-order valence-corrected chi connectivity index (χ0v) is 21.6. The number of nitrogens with two attached hydrogens (primary N) is 2.